The molecule has 0 saturated carbocycles. The van der Waals surface area contributed by atoms with Crippen LogP contribution in [0.1, 0.15) is 78.6 Å². The highest BCUT2D eigenvalue weighted by molar-refractivity contribution is 5.98. The quantitative estimate of drug-likeness (QED) is 0.133. The van der Waals surface area contributed by atoms with Crippen molar-refractivity contribution >= 4 is 29.5 Å². The first-order valence-electron chi connectivity index (χ1n) is 15.2. The van der Waals surface area contributed by atoms with Crippen LogP contribution in [0.5, 0.6) is 5.75 Å². The van der Waals surface area contributed by atoms with E-state index in [0.29, 0.717) is 31.5 Å². The molecule has 7 N–H and O–H groups in total. The van der Waals surface area contributed by atoms with Gasteiger partial charge in [0.1, 0.15) is 17.8 Å². The molecule has 12 heteroatoms. The van der Waals surface area contributed by atoms with Gasteiger partial charge in [0.15, 0.2) is 0 Å². The first-order chi connectivity index (χ1) is 20.2. The molecular weight excluding hydrogens is 552 g/mol. The van der Waals surface area contributed by atoms with E-state index in [0.717, 1.165) is 0 Å². The highest BCUT2D eigenvalue weighted by atomic mass is 16.3. The summed E-state index contributed by atoms with van der Waals surface area (Å²) in [6, 6.07) is 3.26. The third-order valence-corrected chi connectivity index (χ3v) is 7.12. The molecule has 0 aliphatic heterocycles. The Morgan fingerprint density at radius 1 is 0.767 bits per heavy atom. The van der Waals surface area contributed by atoms with Gasteiger partial charge in [0.25, 0.3) is 5.91 Å². The van der Waals surface area contributed by atoms with Gasteiger partial charge in [-0.2, -0.15) is 0 Å². The highest BCUT2D eigenvalue weighted by Gasteiger charge is 2.28. The lowest BCUT2D eigenvalue weighted by atomic mass is 9.97. The molecule has 5 atom stereocenters. The number of phenolic OH excluding ortho intramolecular Hbond substituents is 1. The van der Waals surface area contributed by atoms with Crippen molar-refractivity contribution in [1.29, 1.82) is 0 Å². The Bertz CT molecular complexity index is 1060. The average Bonchev–Trinajstić information content (AvgIpc) is 2.95. The third-order valence-electron chi connectivity index (χ3n) is 7.12. The number of nitrogens with one attached hydrogen (secondary N) is 6. The van der Waals surface area contributed by atoms with E-state index in [4.69, 9.17) is 0 Å². The molecule has 12 nitrogen and oxygen atoms in total. The van der Waals surface area contributed by atoms with Crippen molar-refractivity contribution in [2.24, 2.45) is 17.8 Å². The predicted octanol–water partition coefficient (Wildman–Crippen LogP) is 1.44. The van der Waals surface area contributed by atoms with Gasteiger partial charge in [0.05, 0.1) is 12.6 Å². The Kier molecular flexibility index (Phi) is 16.3. The van der Waals surface area contributed by atoms with Crippen molar-refractivity contribution in [3.05, 3.63) is 29.8 Å². The standard InChI is InChI=1S/C31H52N6O6/c1-9-20(7)27(37-29(41)22-11-13-24(38)14-12-22)31(43)34-17-25(39)35-23(15-18(3)4)16-33-21(8)28(40)36-26(19(5)6)30(42)32-10-2/h11-14,18-21,23,26-27,33,38H,9-10,15-17H2,1-8H3,(H,32,42)(H,34,43)(H,35,39)(H,36,40)(H,37,41)/t20-,21-,23?,26?,27?/m0/s1. The minimum Gasteiger partial charge on any atom is -0.508 e. The number of hydrogen-bond donors (Lipinski definition) is 7. The maximum Gasteiger partial charge on any atom is 0.251 e. The van der Waals surface area contributed by atoms with Crippen LogP contribution < -0.4 is 31.9 Å². The van der Waals surface area contributed by atoms with Crippen molar-refractivity contribution in [3.63, 3.8) is 0 Å². The van der Waals surface area contributed by atoms with Crippen LogP contribution in [0.15, 0.2) is 24.3 Å². The van der Waals surface area contributed by atoms with Crippen molar-refractivity contribution in [1.82, 2.24) is 31.9 Å². The monoisotopic (exact) mass is 604 g/mol. The molecule has 0 heterocycles. The van der Waals surface area contributed by atoms with Gasteiger partial charge in [0.2, 0.25) is 23.6 Å². The highest BCUT2D eigenvalue weighted by Crippen LogP contribution is 2.13. The maximum atomic E-state index is 13.0. The Morgan fingerprint density at radius 3 is 1.91 bits per heavy atom. The summed E-state index contributed by atoms with van der Waals surface area (Å²) in [6.45, 7) is 15.5. The van der Waals surface area contributed by atoms with Crippen LogP contribution in [0.3, 0.4) is 0 Å². The number of hydrogen-bond acceptors (Lipinski definition) is 7. The zero-order valence-corrected chi connectivity index (χ0v) is 26.9. The van der Waals surface area contributed by atoms with E-state index in [1.165, 1.54) is 24.3 Å². The molecule has 0 aromatic heterocycles. The molecule has 0 fully saturated rings. The van der Waals surface area contributed by atoms with E-state index in [1.807, 2.05) is 48.5 Å². The Hall–Kier alpha value is -3.67. The summed E-state index contributed by atoms with van der Waals surface area (Å²) in [5, 5.41) is 26.4. The van der Waals surface area contributed by atoms with Gasteiger partial charge in [-0.25, -0.2) is 0 Å². The molecule has 5 amide bonds. The summed E-state index contributed by atoms with van der Waals surface area (Å²) in [5.74, 6) is -1.91. The summed E-state index contributed by atoms with van der Waals surface area (Å²) in [7, 11) is 0. The average molecular weight is 605 g/mol. The van der Waals surface area contributed by atoms with Crippen LogP contribution in [0.2, 0.25) is 0 Å². The summed E-state index contributed by atoms with van der Waals surface area (Å²) < 4.78 is 0. The second-order valence-electron chi connectivity index (χ2n) is 11.8. The molecule has 0 aliphatic carbocycles. The van der Waals surface area contributed by atoms with Gasteiger partial charge >= 0.3 is 0 Å². The first kappa shape index (κ1) is 37.4. The van der Waals surface area contributed by atoms with Crippen molar-refractivity contribution in [3.8, 4) is 5.75 Å². The van der Waals surface area contributed by atoms with Gasteiger partial charge in [-0.15, -0.1) is 0 Å². The van der Waals surface area contributed by atoms with E-state index < -0.39 is 35.8 Å². The summed E-state index contributed by atoms with van der Waals surface area (Å²) in [5.41, 5.74) is 0.299. The summed E-state index contributed by atoms with van der Waals surface area (Å²) in [6.07, 6.45) is 1.25. The predicted molar refractivity (Wildman–Crippen MR) is 166 cm³/mol. The molecule has 1 aromatic carbocycles. The molecule has 1 aromatic rings. The molecule has 0 radical (unpaired) electrons. The fraction of sp³-hybridized carbons (Fsp3) is 0.645. The molecule has 0 saturated heterocycles. The zero-order valence-electron chi connectivity index (χ0n) is 26.9. The minimum atomic E-state index is -0.860. The number of carbonyl (C=O) groups excluding carboxylic acids is 5. The van der Waals surface area contributed by atoms with Crippen LogP contribution in [0.25, 0.3) is 0 Å². The van der Waals surface area contributed by atoms with Crippen LogP contribution in [0.4, 0.5) is 0 Å². The van der Waals surface area contributed by atoms with E-state index in [1.54, 1.807) is 6.92 Å². The SMILES string of the molecule is CCNC(=O)C(NC(=O)[C@H](C)NCC(CC(C)C)NC(=O)CNC(=O)C(NC(=O)c1ccc(O)cc1)[C@@H](C)CC)C(C)C. The summed E-state index contributed by atoms with van der Waals surface area (Å²) in [4.78, 5) is 63.7. The fourth-order valence-corrected chi connectivity index (χ4v) is 4.37. The van der Waals surface area contributed by atoms with E-state index in [-0.39, 0.29) is 47.9 Å². The largest absolute Gasteiger partial charge is 0.508 e. The van der Waals surface area contributed by atoms with Crippen LogP contribution in [0, 0.1) is 17.8 Å². The van der Waals surface area contributed by atoms with Gasteiger partial charge < -0.3 is 37.0 Å². The molecule has 3 unspecified atom stereocenters. The number of phenols is 1. The minimum absolute atomic E-state index is 0.0266. The van der Waals surface area contributed by atoms with Gasteiger partial charge in [-0.3, -0.25) is 24.0 Å². The van der Waals surface area contributed by atoms with Crippen molar-refractivity contribution in [2.45, 2.75) is 92.4 Å². The molecule has 0 bridgehead atoms. The van der Waals surface area contributed by atoms with E-state index in [2.05, 4.69) is 31.9 Å². The summed E-state index contributed by atoms with van der Waals surface area (Å²) >= 11 is 0. The number of aromatic hydroxyl groups is 1. The molecule has 0 spiro atoms. The molecule has 242 valence electrons. The van der Waals surface area contributed by atoms with Crippen LogP contribution in [-0.4, -0.2) is 78.4 Å². The third kappa shape index (κ3) is 13.5. The number of rotatable bonds is 18. The molecular formula is C31H52N6O6. The Balaban J connectivity index is 2.75. The van der Waals surface area contributed by atoms with Crippen molar-refractivity contribution in [2.75, 3.05) is 19.6 Å². The van der Waals surface area contributed by atoms with Gasteiger partial charge in [-0.1, -0.05) is 48.0 Å². The molecule has 43 heavy (non-hydrogen) atoms. The lowest BCUT2D eigenvalue weighted by molar-refractivity contribution is -0.130. The first-order valence-corrected chi connectivity index (χ1v) is 15.2. The Morgan fingerprint density at radius 2 is 1.37 bits per heavy atom. The topological polar surface area (TPSA) is 178 Å². The maximum absolute atomic E-state index is 13.0. The van der Waals surface area contributed by atoms with Crippen LogP contribution >= 0.6 is 0 Å². The second-order valence-corrected chi connectivity index (χ2v) is 11.8. The Labute approximate surface area is 255 Å². The number of carbonyl (C=O) groups is 5. The normalized spacial score (nSPS) is 14.7. The second kappa shape index (κ2) is 18.8. The number of amides is 5. The van der Waals surface area contributed by atoms with Gasteiger partial charge in [-0.05, 0) is 62.3 Å². The van der Waals surface area contributed by atoms with E-state index in [9.17, 15) is 29.1 Å². The zero-order chi connectivity index (χ0) is 32.7. The lowest BCUT2D eigenvalue weighted by Crippen LogP contribution is -2.56. The van der Waals surface area contributed by atoms with E-state index >= 15 is 0 Å². The van der Waals surface area contributed by atoms with Crippen LogP contribution in [-0.2, 0) is 19.2 Å². The smallest absolute Gasteiger partial charge is 0.251 e. The fourth-order valence-electron chi connectivity index (χ4n) is 4.37. The number of benzene rings is 1. The molecule has 0 aliphatic rings. The molecule has 1 rings (SSSR count). The van der Waals surface area contributed by atoms with Gasteiger partial charge in [0, 0.05) is 24.7 Å². The lowest BCUT2D eigenvalue weighted by Gasteiger charge is -2.26. The number of likely N-dealkylation sites (N-methyl/N-ethyl adjacent to an activating group) is 1. The van der Waals surface area contributed by atoms with Crippen molar-refractivity contribution < 1.29 is 29.1 Å².